The first-order valence-electron chi connectivity index (χ1n) is 7.30. The van der Waals surface area contributed by atoms with E-state index >= 15 is 0 Å². The molecule has 0 fully saturated rings. The Morgan fingerprint density at radius 2 is 1.64 bits per heavy atom. The Labute approximate surface area is 131 Å². The minimum absolute atomic E-state index is 0.0931. The Bertz CT molecular complexity index is 539. The fourth-order valence-electron chi connectivity index (χ4n) is 2.05. The monoisotopic (exact) mass is 302 g/mol. The van der Waals surface area contributed by atoms with E-state index < -0.39 is 0 Å². The van der Waals surface area contributed by atoms with E-state index in [-0.39, 0.29) is 18.8 Å². The summed E-state index contributed by atoms with van der Waals surface area (Å²) in [5, 5.41) is 9.51. The van der Waals surface area contributed by atoms with Crippen LogP contribution in [0.3, 0.4) is 0 Å². The van der Waals surface area contributed by atoms with E-state index in [9.17, 15) is 5.11 Å². The van der Waals surface area contributed by atoms with Gasteiger partial charge in [-0.2, -0.15) is 0 Å². The summed E-state index contributed by atoms with van der Waals surface area (Å²) in [4.78, 5) is 0. The van der Waals surface area contributed by atoms with Gasteiger partial charge in [0.05, 0.1) is 20.3 Å². The van der Waals surface area contributed by atoms with Crippen molar-refractivity contribution in [2.75, 3.05) is 13.7 Å². The molecule has 2 rings (SSSR count). The molecule has 1 unspecified atom stereocenters. The van der Waals surface area contributed by atoms with E-state index in [1.165, 1.54) is 0 Å². The number of aliphatic hydroxyl groups excluding tert-OH is 1. The smallest absolute Gasteiger partial charge is 0.124 e. The number of benzene rings is 2. The molecule has 0 radical (unpaired) electrons. The minimum atomic E-state index is -0.387. The minimum Gasteiger partial charge on any atom is -0.497 e. The third kappa shape index (κ3) is 4.76. The fraction of sp³-hybridized carbons (Fsp3) is 0.333. The molecule has 4 nitrogen and oxygen atoms in total. The summed E-state index contributed by atoms with van der Waals surface area (Å²) in [5.74, 6) is 1.57. The molecule has 0 saturated carbocycles. The van der Waals surface area contributed by atoms with Gasteiger partial charge in [0.2, 0.25) is 0 Å². The van der Waals surface area contributed by atoms with Crippen molar-refractivity contribution in [2.45, 2.75) is 25.7 Å². The predicted molar refractivity (Wildman–Crippen MR) is 85.2 cm³/mol. The Kier molecular flexibility index (Phi) is 6.25. The van der Waals surface area contributed by atoms with Crippen molar-refractivity contribution < 1.29 is 19.3 Å². The zero-order chi connectivity index (χ0) is 15.8. The first-order valence-corrected chi connectivity index (χ1v) is 7.30. The van der Waals surface area contributed by atoms with Gasteiger partial charge in [0.15, 0.2) is 0 Å². The lowest BCUT2D eigenvalue weighted by atomic mass is 10.2. The molecule has 0 bridgehead atoms. The molecule has 0 aliphatic heterocycles. The first-order chi connectivity index (χ1) is 10.7. The van der Waals surface area contributed by atoms with Crippen LogP contribution in [0.15, 0.2) is 54.6 Å². The number of hydrogen-bond acceptors (Lipinski definition) is 4. The molecule has 0 aliphatic rings. The third-order valence-corrected chi connectivity index (χ3v) is 3.39. The zero-order valence-electron chi connectivity index (χ0n) is 12.9. The SMILES string of the molecule is COc1ccc(COC(CO)[C@H](C)Oc2ccccc2)cc1. The molecule has 22 heavy (non-hydrogen) atoms. The van der Waals surface area contributed by atoms with E-state index in [0.717, 1.165) is 17.1 Å². The van der Waals surface area contributed by atoms with Crippen molar-refractivity contribution in [1.82, 2.24) is 0 Å². The molecule has 0 heterocycles. The molecule has 0 aliphatic carbocycles. The van der Waals surface area contributed by atoms with Gasteiger partial charge in [-0.25, -0.2) is 0 Å². The normalized spacial score (nSPS) is 13.4. The number of methoxy groups -OCH3 is 1. The average molecular weight is 302 g/mol. The van der Waals surface area contributed by atoms with Gasteiger partial charge >= 0.3 is 0 Å². The average Bonchev–Trinajstić information content (AvgIpc) is 2.57. The molecule has 2 atom stereocenters. The van der Waals surface area contributed by atoms with E-state index in [0.29, 0.717) is 6.61 Å². The van der Waals surface area contributed by atoms with Crippen LogP contribution in [0.1, 0.15) is 12.5 Å². The highest BCUT2D eigenvalue weighted by Gasteiger charge is 2.19. The molecule has 0 amide bonds. The molecule has 2 aromatic carbocycles. The molecule has 4 heteroatoms. The van der Waals surface area contributed by atoms with Gasteiger partial charge in [-0.3, -0.25) is 0 Å². The van der Waals surface area contributed by atoms with Crippen LogP contribution >= 0.6 is 0 Å². The summed E-state index contributed by atoms with van der Waals surface area (Å²) < 4.78 is 16.7. The van der Waals surface area contributed by atoms with E-state index in [4.69, 9.17) is 14.2 Å². The summed E-state index contributed by atoms with van der Waals surface area (Å²) in [7, 11) is 1.63. The van der Waals surface area contributed by atoms with Crippen LogP contribution in [0, 0.1) is 0 Å². The van der Waals surface area contributed by atoms with Crippen molar-refractivity contribution in [3.8, 4) is 11.5 Å². The first kappa shape index (κ1) is 16.3. The van der Waals surface area contributed by atoms with Gasteiger partial charge in [-0.1, -0.05) is 30.3 Å². The number of rotatable bonds is 8. The van der Waals surface area contributed by atoms with Crippen LogP contribution in [0.4, 0.5) is 0 Å². The van der Waals surface area contributed by atoms with Crippen molar-refractivity contribution in [1.29, 1.82) is 0 Å². The lowest BCUT2D eigenvalue weighted by molar-refractivity contribution is -0.0551. The summed E-state index contributed by atoms with van der Waals surface area (Å²) in [6.07, 6.45) is -0.632. The quantitative estimate of drug-likeness (QED) is 0.814. The standard InChI is InChI=1S/C18H22O4/c1-14(22-17-6-4-3-5-7-17)18(12-19)21-13-15-8-10-16(20-2)11-9-15/h3-11,14,18-19H,12-13H2,1-2H3/t14-,18?/m0/s1. The van der Waals surface area contributed by atoms with Crippen molar-refractivity contribution in [2.24, 2.45) is 0 Å². The summed E-state index contributed by atoms with van der Waals surface area (Å²) >= 11 is 0. The number of ether oxygens (including phenoxy) is 3. The van der Waals surface area contributed by atoms with E-state index in [2.05, 4.69) is 0 Å². The van der Waals surface area contributed by atoms with Crippen LogP contribution in [0.5, 0.6) is 11.5 Å². The summed E-state index contributed by atoms with van der Waals surface area (Å²) in [6.45, 7) is 2.21. The topological polar surface area (TPSA) is 47.9 Å². The highest BCUT2D eigenvalue weighted by atomic mass is 16.5. The maximum absolute atomic E-state index is 9.51. The van der Waals surface area contributed by atoms with Crippen LogP contribution in [-0.2, 0) is 11.3 Å². The van der Waals surface area contributed by atoms with Crippen molar-refractivity contribution >= 4 is 0 Å². The highest BCUT2D eigenvalue weighted by molar-refractivity contribution is 5.26. The van der Waals surface area contributed by atoms with Gasteiger partial charge in [0.1, 0.15) is 23.7 Å². The Balaban J connectivity index is 1.87. The van der Waals surface area contributed by atoms with Crippen LogP contribution in [0.25, 0.3) is 0 Å². The third-order valence-electron chi connectivity index (χ3n) is 3.39. The van der Waals surface area contributed by atoms with Gasteiger partial charge in [-0.15, -0.1) is 0 Å². The zero-order valence-corrected chi connectivity index (χ0v) is 12.9. The fourth-order valence-corrected chi connectivity index (χ4v) is 2.05. The van der Waals surface area contributed by atoms with Gasteiger partial charge < -0.3 is 19.3 Å². The Morgan fingerprint density at radius 3 is 2.23 bits per heavy atom. The highest BCUT2D eigenvalue weighted by Crippen LogP contribution is 2.16. The van der Waals surface area contributed by atoms with E-state index in [1.54, 1.807) is 7.11 Å². The lowest BCUT2D eigenvalue weighted by Crippen LogP contribution is -2.34. The number of hydrogen-bond donors (Lipinski definition) is 1. The maximum atomic E-state index is 9.51. The Morgan fingerprint density at radius 1 is 0.955 bits per heavy atom. The Hall–Kier alpha value is -2.04. The van der Waals surface area contributed by atoms with Crippen LogP contribution in [0.2, 0.25) is 0 Å². The lowest BCUT2D eigenvalue weighted by Gasteiger charge is -2.23. The van der Waals surface area contributed by atoms with Crippen LogP contribution in [-0.4, -0.2) is 31.0 Å². The molecule has 0 aromatic heterocycles. The second kappa shape index (κ2) is 8.41. The molecular weight excluding hydrogens is 280 g/mol. The van der Waals surface area contributed by atoms with Gasteiger partial charge in [0, 0.05) is 0 Å². The van der Waals surface area contributed by atoms with Gasteiger partial charge in [0.25, 0.3) is 0 Å². The molecule has 0 saturated heterocycles. The predicted octanol–water partition coefficient (Wildman–Crippen LogP) is 3.04. The second-order valence-electron chi connectivity index (χ2n) is 5.02. The molecular formula is C18H22O4. The van der Waals surface area contributed by atoms with E-state index in [1.807, 2.05) is 61.5 Å². The van der Waals surface area contributed by atoms with Crippen molar-refractivity contribution in [3.63, 3.8) is 0 Å². The van der Waals surface area contributed by atoms with Gasteiger partial charge in [-0.05, 0) is 36.8 Å². The second-order valence-corrected chi connectivity index (χ2v) is 5.02. The molecule has 0 spiro atoms. The molecule has 1 N–H and O–H groups in total. The largest absolute Gasteiger partial charge is 0.497 e. The summed E-state index contributed by atoms with van der Waals surface area (Å²) in [6, 6.07) is 17.2. The number of aliphatic hydroxyl groups is 1. The maximum Gasteiger partial charge on any atom is 0.124 e. The number of para-hydroxylation sites is 1. The molecule has 2 aromatic rings. The summed E-state index contributed by atoms with van der Waals surface area (Å²) in [5.41, 5.74) is 1.02. The molecule has 118 valence electrons. The van der Waals surface area contributed by atoms with Crippen LogP contribution < -0.4 is 9.47 Å². The van der Waals surface area contributed by atoms with Crippen molar-refractivity contribution in [3.05, 3.63) is 60.2 Å².